The summed E-state index contributed by atoms with van der Waals surface area (Å²) >= 11 is 0. The summed E-state index contributed by atoms with van der Waals surface area (Å²) < 4.78 is 57.1. The molecule has 4 rings (SSSR count). The maximum Gasteiger partial charge on any atom is 0.449 e. The van der Waals surface area contributed by atoms with E-state index in [0.717, 1.165) is 16.7 Å². The maximum absolute atomic E-state index is 13.1. The molecule has 7 nitrogen and oxygen atoms in total. The van der Waals surface area contributed by atoms with Crippen LogP contribution in [0.2, 0.25) is 0 Å². The molecule has 3 aromatic rings. The highest BCUT2D eigenvalue weighted by molar-refractivity contribution is 5.71. The number of furan rings is 1. The van der Waals surface area contributed by atoms with Crippen molar-refractivity contribution in [3.05, 3.63) is 81.7 Å². The first-order chi connectivity index (χ1) is 15.1. The Kier molecular flexibility index (Phi) is 5.59. The monoisotopic (exact) mass is 450 g/mol. The summed E-state index contributed by atoms with van der Waals surface area (Å²) in [6, 6.07) is 7.69. The van der Waals surface area contributed by atoms with Crippen molar-refractivity contribution in [2.75, 3.05) is 18.0 Å². The van der Waals surface area contributed by atoms with E-state index in [4.69, 9.17) is 4.42 Å². The SMILES string of the molecule is Cc1nc(N2CC=C(c3ccc(F)cc3)C(O)C2)nc(=O)n1Cc1ccc(C(F)(F)F)o1. The molecule has 1 N–H and O–H groups in total. The molecular weight excluding hydrogens is 432 g/mol. The average Bonchev–Trinajstić information content (AvgIpc) is 3.21. The number of aliphatic hydroxyl groups is 1. The first-order valence-corrected chi connectivity index (χ1v) is 9.62. The lowest BCUT2D eigenvalue weighted by molar-refractivity contribution is -0.153. The Balaban J connectivity index is 1.54. The third-order valence-electron chi connectivity index (χ3n) is 5.08. The first-order valence-electron chi connectivity index (χ1n) is 9.62. The van der Waals surface area contributed by atoms with E-state index in [2.05, 4.69) is 9.97 Å². The van der Waals surface area contributed by atoms with Crippen molar-refractivity contribution < 1.29 is 27.1 Å². The fourth-order valence-corrected chi connectivity index (χ4v) is 3.45. The van der Waals surface area contributed by atoms with Gasteiger partial charge in [-0.2, -0.15) is 23.1 Å². The van der Waals surface area contributed by atoms with Gasteiger partial charge in [0.05, 0.1) is 19.2 Å². The van der Waals surface area contributed by atoms with Crippen molar-refractivity contribution in [3.8, 4) is 0 Å². The molecule has 168 valence electrons. The summed E-state index contributed by atoms with van der Waals surface area (Å²) in [7, 11) is 0. The van der Waals surface area contributed by atoms with E-state index < -0.39 is 23.7 Å². The fourth-order valence-electron chi connectivity index (χ4n) is 3.45. The highest BCUT2D eigenvalue weighted by Crippen LogP contribution is 2.31. The third kappa shape index (κ3) is 4.42. The van der Waals surface area contributed by atoms with Crippen LogP contribution in [0.1, 0.15) is 22.9 Å². The van der Waals surface area contributed by atoms with Crippen LogP contribution < -0.4 is 10.6 Å². The van der Waals surface area contributed by atoms with Crippen LogP contribution in [0, 0.1) is 12.7 Å². The second-order valence-electron chi connectivity index (χ2n) is 7.29. The van der Waals surface area contributed by atoms with Gasteiger partial charge in [0, 0.05) is 6.54 Å². The molecule has 1 aliphatic heterocycles. The Bertz CT molecular complexity index is 1220. The standard InChI is InChI=1S/C21H18F4N4O3/c1-12-26-19(27-20(31)29(12)10-15-6-7-18(32-15)21(23,24)25)28-9-8-16(17(30)11-28)13-2-4-14(22)5-3-13/h2-8,17,30H,9-11H2,1H3. The van der Waals surface area contributed by atoms with Crippen LogP contribution in [0.3, 0.4) is 0 Å². The van der Waals surface area contributed by atoms with Crippen molar-refractivity contribution in [1.82, 2.24) is 14.5 Å². The van der Waals surface area contributed by atoms with Crippen molar-refractivity contribution in [2.45, 2.75) is 25.7 Å². The maximum atomic E-state index is 13.1. The van der Waals surface area contributed by atoms with Crippen LogP contribution in [0.5, 0.6) is 0 Å². The fraction of sp³-hybridized carbons (Fsp3) is 0.286. The van der Waals surface area contributed by atoms with Gasteiger partial charge in [-0.3, -0.25) is 4.57 Å². The van der Waals surface area contributed by atoms with Gasteiger partial charge >= 0.3 is 11.9 Å². The number of halogens is 4. The van der Waals surface area contributed by atoms with Gasteiger partial charge in [0.15, 0.2) is 0 Å². The molecule has 1 aromatic carbocycles. The van der Waals surface area contributed by atoms with E-state index in [1.54, 1.807) is 23.1 Å². The minimum atomic E-state index is -4.62. The van der Waals surface area contributed by atoms with E-state index in [9.17, 15) is 27.5 Å². The molecule has 0 aliphatic carbocycles. The molecule has 2 aromatic heterocycles. The van der Waals surface area contributed by atoms with Crippen LogP contribution in [0.25, 0.3) is 5.57 Å². The number of β-amino-alcohol motifs (C(OH)–C–C–N with tert-alkyl or cyclic N) is 1. The normalized spacial score (nSPS) is 16.9. The van der Waals surface area contributed by atoms with E-state index in [1.807, 2.05) is 0 Å². The summed E-state index contributed by atoms with van der Waals surface area (Å²) in [6.45, 7) is 1.69. The summed E-state index contributed by atoms with van der Waals surface area (Å²) in [5.41, 5.74) is 0.604. The van der Waals surface area contributed by atoms with Crippen molar-refractivity contribution >= 4 is 11.5 Å². The summed E-state index contributed by atoms with van der Waals surface area (Å²) in [5.74, 6) is -1.27. The molecule has 32 heavy (non-hydrogen) atoms. The molecule has 0 bridgehead atoms. The second-order valence-corrected chi connectivity index (χ2v) is 7.29. The van der Waals surface area contributed by atoms with Crippen LogP contribution >= 0.6 is 0 Å². The average molecular weight is 450 g/mol. The van der Waals surface area contributed by atoms with Crippen molar-refractivity contribution in [3.63, 3.8) is 0 Å². The number of hydrogen-bond acceptors (Lipinski definition) is 6. The van der Waals surface area contributed by atoms with Gasteiger partial charge < -0.3 is 14.4 Å². The number of anilines is 1. The molecular formula is C21H18F4N4O3. The molecule has 0 fully saturated rings. The molecule has 11 heteroatoms. The number of hydrogen-bond donors (Lipinski definition) is 1. The lowest BCUT2D eigenvalue weighted by Crippen LogP contribution is -2.40. The van der Waals surface area contributed by atoms with Gasteiger partial charge in [-0.1, -0.05) is 18.2 Å². The zero-order valence-corrected chi connectivity index (χ0v) is 16.8. The lowest BCUT2D eigenvalue weighted by Gasteiger charge is -2.30. The first kappa shape index (κ1) is 21.8. The second kappa shape index (κ2) is 8.23. The predicted octanol–water partition coefficient (Wildman–Crippen LogP) is 3.01. The Morgan fingerprint density at radius 2 is 1.88 bits per heavy atom. The molecule has 3 heterocycles. The summed E-state index contributed by atoms with van der Waals surface area (Å²) in [5, 5.41) is 10.5. The van der Waals surface area contributed by atoms with E-state index in [0.29, 0.717) is 17.7 Å². The number of aryl methyl sites for hydroxylation is 1. The molecule has 1 atom stereocenters. The van der Waals surface area contributed by atoms with Crippen LogP contribution in [0.15, 0.2) is 51.7 Å². The number of benzene rings is 1. The lowest BCUT2D eigenvalue weighted by atomic mass is 9.97. The summed E-state index contributed by atoms with van der Waals surface area (Å²) in [6.07, 6.45) is -3.79. The molecule has 0 radical (unpaired) electrons. The van der Waals surface area contributed by atoms with Crippen molar-refractivity contribution in [2.24, 2.45) is 0 Å². The van der Waals surface area contributed by atoms with E-state index >= 15 is 0 Å². The van der Waals surface area contributed by atoms with Crippen LogP contribution in [-0.4, -0.2) is 38.8 Å². The van der Waals surface area contributed by atoms with Gasteiger partial charge in [0.2, 0.25) is 11.7 Å². The highest BCUT2D eigenvalue weighted by Gasteiger charge is 2.34. The molecule has 0 saturated heterocycles. The topological polar surface area (TPSA) is 84.4 Å². The molecule has 1 unspecified atom stereocenters. The molecule has 1 aliphatic rings. The van der Waals surface area contributed by atoms with Gasteiger partial charge in [-0.25, -0.2) is 9.18 Å². The molecule has 0 saturated carbocycles. The van der Waals surface area contributed by atoms with Gasteiger partial charge in [-0.05, 0) is 42.3 Å². The Morgan fingerprint density at radius 3 is 2.47 bits per heavy atom. The highest BCUT2D eigenvalue weighted by atomic mass is 19.4. The van der Waals surface area contributed by atoms with Gasteiger partial charge in [0.1, 0.15) is 17.4 Å². The predicted molar refractivity (Wildman–Crippen MR) is 106 cm³/mol. The van der Waals surface area contributed by atoms with Gasteiger partial charge in [-0.15, -0.1) is 0 Å². The zero-order valence-electron chi connectivity index (χ0n) is 16.8. The van der Waals surface area contributed by atoms with E-state index in [-0.39, 0.29) is 36.4 Å². The minimum absolute atomic E-state index is 0.0563. The quantitative estimate of drug-likeness (QED) is 0.616. The third-order valence-corrected chi connectivity index (χ3v) is 5.08. The van der Waals surface area contributed by atoms with Crippen LogP contribution in [-0.2, 0) is 12.7 Å². The number of aromatic nitrogens is 3. The minimum Gasteiger partial charge on any atom is -0.455 e. The van der Waals surface area contributed by atoms with Crippen LogP contribution in [0.4, 0.5) is 23.5 Å². The molecule has 0 amide bonds. The van der Waals surface area contributed by atoms with Gasteiger partial charge in [0.25, 0.3) is 0 Å². The number of rotatable bonds is 4. The summed E-state index contributed by atoms with van der Waals surface area (Å²) in [4.78, 5) is 22.3. The smallest absolute Gasteiger partial charge is 0.449 e. The Hall–Kier alpha value is -3.47. The Labute approximate surface area is 179 Å². The molecule has 0 spiro atoms. The number of nitrogens with zero attached hydrogens (tertiary/aromatic N) is 4. The largest absolute Gasteiger partial charge is 0.455 e. The Morgan fingerprint density at radius 1 is 1.16 bits per heavy atom. The number of aliphatic hydroxyl groups excluding tert-OH is 1. The number of alkyl halides is 3. The van der Waals surface area contributed by atoms with E-state index in [1.165, 1.54) is 19.1 Å². The zero-order chi connectivity index (χ0) is 23.0. The van der Waals surface area contributed by atoms with Crippen molar-refractivity contribution in [1.29, 1.82) is 0 Å².